The Labute approximate surface area is 208 Å². The number of hydrogen-bond donors (Lipinski definition) is 1. The van der Waals surface area contributed by atoms with Crippen molar-refractivity contribution in [1.29, 1.82) is 0 Å². The van der Waals surface area contributed by atoms with Crippen LogP contribution in [0.5, 0.6) is 0 Å². The standard InChI is InChI=1S/C25H26N4O6S/c30-20-16-28(36(33,34)23-11-3-4-12-26-23)13-5-8-18(20)27-24(31)19-9-6-14-29(19)25(32)22-15-17-7-1-2-10-21(17)35-22/h1-4,7,10-12,15,18-19H,5-6,8-9,13-14,16H2,(H,27,31)/t18?,19-/m0/s1. The molecule has 0 aliphatic carbocycles. The normalized spacial score (nSPS) is 21.4. The molecule has 3 aromatic rings. The van der Waals surface area contributed by atoms with Crippen LogP contribution in [0.2, 0.25) is 0 Å². The number of Topliss-reactive ketones (excluding diaryl/α,β-unsaturated/α-hetero) is 1. The number of aromatic nitrogens is 1. The molecule has 2 aliphatic rings. The predicted molar refractivity (Wildman–Crippen MR) is 129 cm³/mol. The number of carbonyl (C=O) groups is 3. The Balaban J connectivity index is 1.26. The summed E-state index contributed by atoms with van der Waals surface area (Å²) >= 11 is 0. The molecule has 36 heavy (non-hydrogen) atoms. The van der Waals surface area contributed by atoms with Crippen LogP contribution in [-0.4, -0.2) is 71.9 Å². The fraction of sp³-hybridized carbons (Fsp3) is 0.360. The monoisotopic (exact) mass is 510 g/mol. The molecule has 2 aliphatic heterocycles. The molecule has 10 nitrogen and oxygen atoms in total. The molecule has 5 rings (SSSR count). The molecule has 2 saturated heterocycles. The summed E-state index contributed by atoms with van der Waals surface area (Å²) in [5.41, 5.74) is 0.593. The Bertz CT molecular complexity index is 1370. The first kappa shape index (κ1) is 24.1. The maximum absolute atomic E-state index is 13.2. The number of likely N-dealkylation sites (tertiary alicyclic amines) is 1. The second-order valence-electron chi connectivity index (χ2n) is 8.98. The Morgan fingerprint density at radius 2 is 1.81 bits per heavy atom. The van der Waals surface area contributed by atoms with E-state index in [1.165, 1.54) is 17.2 Å². The van der Waals surface area contributed by atoms with E-state index in [1.54, 1.807) is 24.3 Å². The Hall–Kier alpha value is -3.57. The molecule has 4 heterocycles. The van der Waals surface area contributed by atoms with Gasteiger partial charge in [-0.05, 0) is 49.9 Å². The minimum absolute atomic E-state index is 0.119. The van der Waals surface area contributed by atoms with Crippen LogP contribution >= 0.6 is 0 Å². The number of rotatable bonds is 5. The number of carbonyl (C=O) groups excluding carboxylic acids is 3. The number of benzene rings is 1. The van der Waals surface area contributed by atoms with E-state index in [1.807, 2.05) is 18.2 Å². The molecule has 1 unspecified atom stereocenters. The van der Waals surface area contributed by atoms with Crippen LogP contribution in [0, 0.1) is 0 Å². The number of nitrogens with one attached hydrogen (secondary N) is 1. The summed E-state index contributed by atoms with van der Waals surface area (Å²) in [6.07, 6.45) is 3.21. The van der Waals surface area contributed by atoms with Crippen molar-refractivity contribution in [2.75, 3.05) is 19.6 Å². The van der Waals surface area contributed by atoms with Gasteiger partial charge in [0.25, 0.3) is 15.9 Å². The predicted octanol–water partition coefficient (Wildman–Crippen LogP) is 1.97. The third kappa shape index (κ3) is 4.63. The number of fused-ring (bicyclic) bond motifs is 1. The lowest BCUT2D eigenvalue weighted by Gasteiger charge is -2.25. The summed E-state index contributed by atoms with van der Waals surface area (Å²) in [6, 6.07) is 12.0. The van der Waals surface area contributed by atoms with Crippen LogP contribution in [0.15, 0.2) is 64.2 Å². The number of furan rings is 1. The quantitative estimate of drug-likeness (QED) is 0.555. The summed E-state index contributed by atoms with van der Waals surface area (Å²) < 4.78 is 32.6. The third-order valence-corrected chi connectivity index (χ3v) is 8.39. The van der Waals surface area contributed by atoms with Gasteiger partial charge in [0, 0.05) is 24.7 Å². The van der Waals surface area contributed by atoms with E-state index in [2.05, 4.69) is 10.3 Å². The molecule has 1 N–H and O–H groups in total. The van der Waals surface area contributed by atoms with Gasteiger partial charge in [-0.1, -0.05) is 24.3 Å². The number of ketones is 1. The van der Waals surface area contributed by atoms with Crippen LogP contribution in [0.1, 0.15) is 36.2 Å². The molecular weight excluding hydrogens is 484 g/mol. The lowest BCUT2D eigenvalue weighted by molar-refractivity contribution is -0.130. The van der Waals surface area contributed by atoms with Gasteiger partial charge in [0.05, 0.1) is 12.6 Å². The van der Waals surface area contributed by atoms with Crippen LogP contribution in [0.4, 0.5) is 0 Å². The van der Waals surface area contributed by atoms with Crippen molar-refractivity contribution >= 4 is 38.6 Å². The molecule has 0 saturated carbocycles. The molecular formula is C25H26N4O6S. The molecule has 1 aromatic carbocycles. The van der Waals surface area contributed by atoms with Crippen LogP contribution in [-0.2, 0) is 19.6 Å². The number of sulfonamides is 1. The highest BCUT2D eigenvalue weighted by molar-refractivity contribution is 7.89. The van der Waals surface area contributed by atoms with E-state index >= 15 is 0 Å². The van der Waals surface area contributed by atoms with Crippen molar-refractivity contribution in [1.82, 2.24) is 19.5 Å². The van der Waals surface area contributed by atoms with Gasteiger partial charge in [-0.25, -0.2) is 13.4 Å². The highest BCUT2D eigenvalue weighted by Gasteiger charge is 2.39. The Morgan fingerprint density at radius 3 is 2.58 bits per heavy atom. The fourth-order valence-electron chi connectivity index (χ4n) is 4.76. The number of amides is 2. The van der Waals surface area contributed by atoms with Crippen molar-refractivity contribution in [2.24, 2.45) is 0 Å². The first-order valence-electron chi connectivity index (χ1n) is 11.9. The highest BCUT2D eigenvalue weighted by Crippen LogP contribution is 2.25. The zero-order chi connectivity index (χ0) is 25.3. The lowest BCUT2D eigenvalue weighted by Crippen LogP contribution is -2.51. The number of nitrogens with zero attached hydrogens (tertiary/aromatic N) is 3. The lowest BCUT2D eigenvalue weighted by atomic mass is 10.1. The average Bonchev–Trinajstić information content (AvgIpc) is 3.51. The molecule has 0 spiro atoms. The molecule has 2 aromatic heterocycles. The summed E-state index contributed by atoms with van der Waals surface area (Å²) in [7, 11) is -3.92. The van der Waals surface area contributed by atoms with Gasteiger partial charge in [0.1, 0.15) is 11.6 Å². The molecule has 11 heteroatoms. The maximum Gasteiger partial charge on any atom is 0.290 e. The van der Waals surface area contributed by atoms with E-state index in [4.69, 9.17) is 4.42 Å². The van der Waals surface area contributed by atoms with E-state index in [0.29, 0.717) is 37.8 Å². The van der Waals surface area contributed by atoms with Gasteiger partial charge >= 0.3 is 0 Å². The highest BCUT2D eigenvalue weighted by atomic mass is 32.2. The van der Waals surface area contributed by atoms with Crippen molar-refractivity contribution in [3.05, 3.63) is 60.5 Å². The zero-order valence-corrected chi connectivity index (χ0v) is 20.3. The first-order chi connectivity index (χ1) is 17.3. The maximum atomic E-state index is 13.2. The van der Waals surface area contributed by atoms with Gasteiger partial charge in [-0.3, -0.25) is 14.4 Å². The molecule has 0 radical (unpaired) electrons. The van der Waals surface area contributed by atoms with Crippen LogP contribution in [0.3, 0.4) is 0 Å². The van der Waals surface area contributed by atoms with Gasteiger partial charge < -0.3 is 14.6 Å². The van der Waals surface area contributed by atoms with Crippen molar-refractivity contribution in [3.8, 4) is 0 Å². The molecule has 2 atom stereocenters. The van der Waals surface area contributed by atoms with E-state index in [9.17, 15) is 22.8 Å². The van der Waals surface area contributed by atoms with E-state index in [0.717, 1.165) is 9.69 Å². The topological polar surface area (TPSA) is 130 Å². The van der Waals surface area contributed by atoms with E-state index in [-0.39, 0.29) is 29.8 Å². The molecule has 188 valence electrons. The largest absolute Gasteiger partial charge is 0.451 e. The van der Waals surface area contributed by atoms with Crippen molar-refractivity contribution in [3.63, 3.8) is 0 Å². The van der Waals surface area contributed by atoms with Crippen molar-refractivity contribution < 1.29 is 27.2 Å². The Morgan fingerprint density at radius 1 is 1.03 bits per heavy atom. The van der Waals surface area contributed by atoms with Gasteiger partial charge in [0.15, 0.2) is 16.6 Å². The SMILES string of the molecule is O=C1CN(S(=O)(=O)c2ccccn2)CCCC1NC(=O)[C@@H]1CCCN1C(=O)c1cc2ccccc2o1. The fourth-order valence-corrected chi connectivity index (χ4v) is 6.14. The van der Waals surface area contributed by atoms with Gasteiger partial charge in [0.2, 0.25) is 5.91 Å². The number of para-hydroxylation sites is 1. The third-order valence-electron chi connectivity index (χ3n) is 6.63. The minimum Gasteiger partial charge on any atom is -0.451 e. The Kier molecular flexibility index (Phi) is 6.59. The summed E-state index contributed by atoms with van der Waals surface area (Å²) in [5.74, 6) is -1.02. The summed E-state index contributed by atoms with van der Waals surface area (Å²) in [6.45, 7) is 0.204. The van der Waals surface area contributed by atoms with Crippen LogP contribution in [0.25, 0.3) is 11.0 Å². The van der Waals surface area contributed by atoms with Gasteiger partial charge in [-0.15, -0.1) is 0 Å². The summed E-state index contributed by atoms with van der Waals surface area (Å²) in [5, 5.41) is 3.46. The molecule has 2 amide bonds. The summed E-state index contributed by atoms with van der Waals surface area (Å²) in [4.78, 5) is 44.6. The molecule has 0 bridgehead atoms. The van der Waals surface area contributed by atoms with Gasteiger partial charge in [-0.2, -0.15) is 4.31 Å². The van der Waals surface area contributed by atoms with Crippen LogP contribution < -0.4 is 5.32 Å². The zero-order valence-electron chi connectivity index (χ0n) is 19.5. The minimum atomic E-state index is -3.92. The second kappa shape index (κ2) is 9.82. The molecule has 2 fully saturated rings. The first-order valence-corrected chi connectivity index (χ1v) is 13.3. The average molecular weight is 511 g/mol. The van der Waals surface area contributed by atoms with Crippen molar-refractivity contribution in [2.45, 2.75) is 42.8 Å². The van der Waals surface area contributed by atoms with E-state index < -0.39 is 33.8 Å². The number of hydrogen-bond acceptors (Lipinski definition) is 7. The second-order valence-corrected chi connectivity index (χ2v) is 10.9. The smallest absolute Gasteiger partial charge is 0.290 e. The number of pyridine rings is 1.